The zero-order valence-corrected chi connectivity index (χ0v) is 23.4. The van der Waals surface area contributed by atoms with Crippen molar-refractivity contribution in [2.45, 2.75) is 23.6 Å². The molecule has 0 aliphatic carbocycles. The predicted octanol–water partition coefficient (Wildman–Crippen LogP) is 4.43. The van der Waals surface area contributed by atoms with E-state index in [0.717, 1.165) is 28.6 Å². The number of aromatic nitrogens is 1. The number of oxime groups is 1. The highest BCUT2D eigenvalue weighted by atomic mass is 35.5. The molecule has 0 radical (unpaired) electrons. The van der Waals surface area contributed by atoms with Gasteiger partial charge in [0.2, 0.25) is 10.0 Å². The van der Waals surface area contributed by atoms with Gasteiger partial charge in [-0.3, -0.25) is 4.79 Å². The molecule has 10 nitrogen and oxygen atoms in total. The van der Waals surface area contributed by atoms with Crippen molar-refractivity contribution in [1.82, 2.24) is 14.7 Å². The third-order valence-corrected chi connectivity index (χ3v) is 8.09. The number of sulfonamides is 1. The Hall–Kier alpha value is -4.15. The number of halogens is 6. The smallest absolute Gasteiger partial charge is 0.390 e. The number of alkyl halides is 3. The van der Waals surface area contributed by atoms with Crippen LogP contribution in [-0.4, -0.2) is 61.3 Å². The fourth-order valence-electron chi connectivity index (χ4n) is 3.75. The molecule has 2 heterocycles. The van der Waals surface area contributed by atoms with Crippen molar-refractivity contribution in [2.24, 2.45) is 10.3 Å². The van der Waals surface area contributed by atoms with Crippen LogP contribution in [0.25, 0.3) is 0 Å². The van der Waals surface area contributed by atoms with Gasteiger partial charge >= 0.3 is 6.18 Å². The number of carbonyl (C=O) groups excluding carboxylic acids is 1. The summed E-state index contributed by atoms with van der Waals surface area (Å²) in [4.78, 5) is 21.2. The first-order valence-electron chi connectivity index (χ1n) is 12.4. The van der Waals surface area contributed by atoms with E-state index in [1.54, 1.807) is 0 Å². The van der Waals surface area contributed by atoms with Crippen molar-refractivity contribution >= 4 is 45.3 Å². The first kappa shape index (κ1) is 31.8. The third kappa shape index (κ3) is 8.46. The van der Waals surface area contributed by atoms with Crippen LogP contribution in [0.1, 0.15) is 17.5 Å². The molecular formula is C26H22ClF5N6O4S. The van der Waals surface area contributed by atoms with Crippen molar-refractivity contribution in [3.8, 4) is 0 Å². The van der Waals surface area contributed by atoms with Gasteiger partial charge in [-0.25, -0.2) is 27.6 Å². The highest BCUT2D eigenvalue weighted by Crippen LogP contribution is 2.32. The molecule has 0 saturated heterocycles. The lowest BCUT2D eigenvalue weighted by Crippen LogP contribution is -2.41. The van der Waals surface area contributed by atoms with Gasteiger partial charge in [0.25, 0.3) is 5.91 Å². The summed E-state index contributed by atoms with van der Waals surface area (Å²) in [6.07, 6.45) is -3.77. The summed E-state index contributed by atoms with van der Waals surface area (Å²) in [6.45, 7) is -0.686. The molecule has 1 aromatic heterocycles. The second-order valence-corrected chi connectivity index (χ2v) is 11.4. The SMILES string of the molecule is O=C(NN=Cc1ccc(F)cc1)C1=NOC(CN(CCNc2ncc(C(F)(F)F)cc2Cl)S(=O)(=O)c2ccc(F)cc2)C1. The number of amides is 1. The zero-order valence-electron chi connectivity index (χ0n) is 21.9. The molecule has 0 bridgehead atoms. The van der Waals surface area contributed by atoms with Crippen LogP contribution in [0.4, 0.5) is 27.8 Å². The number of anilines is 1. The van der Waals surface area contributed by atoms with Crippen LogP contribution in [0.3, 0.4) is 0 Å². The summed E-state index contributed by atoms with van der Waals surface area (Å²) < 4.78 is 93.0. The van der Waals surface area contributed by atoms with Gasteiger partial charge in [0.1, 0.15) is 29.3 Å². The molecule has 0 saturated carbocycles. The Morgan fingerprint density at radius 1 is 1.12 bits per heavy atom. The molecule has 1 aliphatic heterocycles. The van der Waals surface area contributed by atoms with E-state index in [-0.39, 0.29) is 47.5 Å². The van der Waals surface area contributed by atoms with Crippen molar-refractivity contribution < 1.29 is 40.0 Å². The van der Waals surface area contributed by atoms with Crippen LogP contribution in [-0.2, 0) is 25.8 Å². The lowest BCUT2D eigenvalue weighted by atomic mass is 10.2. The normalized spacial score (nSPS) is 15.4. The van der Waals surface area contributed by atoms with Crippen LogP contribution in [0, 0.1) is 11.6 Å². The third-order valence-electron chi connectivity index (χ3n) is 5.93. The summed E-state index contributed by atoms with van der Waals surface area (Å²) in [5.74, 6) is -1.90. The summed E-state index contributed by atoms with van der Waals surface area (Å²) >= 11 is 5.92. The van der Waals surface area contributed by atoms with E-state index in [4.69, 9.17) is 16.4 Å². The summed E-state index contributed by atoms with van der Waals surface area (Å²) in [7, 11) is -4.24. The molecule has 1 amide bonds. The van der Waals surface area contributed by atoms with E-state index in [9.17, 15) is 35.2 Å². The van der Waals surface area contributed by atoms with Gasteiger partial charge in [-0.15, -0.1) is 0 Å². The standard InChI is InChI=1S/C26H22ClF5N6O4S/c27-22-11-17(26(30,31)32)14-34-24(22)33-9-10-38(43(40,41)21-7-5-19(29)6-8-21)15-20-12-23(37-42-20)25(39)36-35-13-16-1-3-18(28)4-2-16/h1-8,11,13-14,20H,9-10,12,15H2,(H,33,34)(H,36,39). The Morgan fingerprint density at radius 2 is 1.77 bits per heavy atom. The molecule has 4 rings (SSSR count). The second-order valence-electron chi connectivity index (χ2n) is 9.02. The summed E-state index contributed by atoms with van der Waals surface area (Å²) in [5, 5.41) is 9.87. The van der Waals surface area contributed by atoms with E-state index in [2.05, 4.69) is 26.0 Å². The van der Waals surface area contributed by atoms with Gasteiger partial charge in [-0.1, -0.05) is 28.9 Å². The number of hydrogen-bond acceptors (Lipinski definition) is 8. The van der Waals surface area contributed by atoms with E-state index in [0.29, 0.717) is 17.8 Å². The fourth-order valence-corrected chi connectivity index (χ4v) is 5.46. The molecule has 43 heavy (non-hydrogen) atoms. The largest absolute Gasteiger partial charge is 0.417 e. The highest BCUT2D eigenvalue weighted by Gasteiger charge is 2.34. The first-order valence-corrected chi connectivity index (χ1v) is 14.2. The lowest BCUT2D eigenvalue weighted by molar-refractivity contribution is -0.137. The van der Waals surface area contributed by atoms with Gasteiger partial charge < -0.3 is 10.2 Å². The molecule has 0 fully saturated rings. The summed E-state index contributed by atoms with van der Waals surface area (Å²) in [6, 6.07) is 10.1. The molecule has 1 aliphatic rings. The number of carbonyl (C=O) groups is 1. The van der Waals surface area contributed by atoms with Crippen LogP contribution < -0.4 is 10.7 Å². The van der Waals surface area contributed by atoms with E-state index >= 15 is 0 Å². The maximum absolute atomic E-state index is 13.4. The van der Waals surface area contributed by atoms with Crippen molar-refractivity contribution in [3.63, 3.8) is 0 Å². The monoisotopic (exact) mass is 644 g/mol. The highest BCUT2D eigenvalue weighted by molar-refractivity contribution is 7.89. The van der Waals surface area contributed by atoms with Gasteiger partial charge in [0.05, 0.1) is 28.2 Å². The van der Waals surface area contributed by atoms with Crippen molar-refractivity contribution in [1.29, 1.82) is 0 Å². The molecule has 2 aromatic carbocycles. The molecule has 2 N–H and O–H groups in total. The first-order chi connectivity index (χ1) is 20.3. The Balaban J connectivity index is 1.41. The molecular weight excluding hydrogens is 623 g/mol. The van der Waals surface area contributed by atoms with Gasteiger partial charge in [0, 0.05) is 25.7 Å². The number of hydrogen-bond donors (Lipinski definition) is 2. The molecule has 228 valence electrons. The van der Waals surface area contributed by atoms with E-state index < -0.39 is 45.4 Å². The van der Waals surface area contributed by atoms with E-state index in [1.807, 2.05) is 0 Å². The van der Waals surface area contributed by atoms with Crippen LogP contribution in [0.5, 0.6) is 0 Å². The second kappa shape index (κ2) is 13.4. The number of benzene rings is 2. The Labute approximate surface area is 247 Å². The number of nitrogens with zero attached hydrogens (tertiary/aromatic N) is 4. The zero-order chi connectivity index (χ0) is 31.2. The average molecular weight is 645 g/mol. The minimum Gasteiger partial charge on any atom is -0.390 e. The van der Waals surface area contributed by atoms with Crippen molar-refractivity contribution in [3.05, 3.63) is 88.6 Å². The fraction of sp³-hybridized carbons (Fsp3) is 0.231. The average Bonchev–Trinajstić information content (AvgIpc) is 3.43. The molecule has 1 atom stereocenters. The number of rotatable bonds is 11. The molecule has 0 spiro atoms. The quantitative estimate of drug-likeness (QED) is 0.181. The minimum atomic E-state index is -4.65. The van der Waals surface area contributed by atoms with Crippen LogP contribution >= 0.6 is 11.6 Å². The molecule has 1 unspecified atom stereocenters. The van der Waals surface area contributed by atoms with Gasteiger partial charge in [-0.05, 0) is 48.0 Å². The maximum atomic E-state index is 13.4. The summed E-state index contributed by atoms with van der Waals surface area (Å²) in [5.41, 5.74) is 1.65. The van der Waals surface area contributed by atoms with Crippen molar-refractivity contribution in [2.75, 3.05) is 25.0 Å². The van der Waals surface area contributed by atoms with Gasteiger partial charge in [0.15, 0.2) is 0 Å². The lowest BCUT2D eigenvalue weighted by Gasteiger charge is -2.24. The predicted molar refractivity (Wildman–Crippen MR) is 147 cm³/mol. The molecule has 17 heteroatoms. The maximum Gasteiger partial charge on any atom is 0.417 e. The number of hydrazone groups is 1. The Morgan fingerprint density at radius 3 is 2.40 bits per heavy atom. The van der Waals surface area contributed by atoms with Gasteiger partial charge in [-0.2, -0.15) is 22.6 Å². The Kier molecular flexibility index (Phi) is 9.93. The number of nitrogens with one attached hydrogen (secondary N) is 2. The van der Waals surface area contributed by atoms with Crippen LogP contribution in [0.2, 0.25) is 5.02 Å². The minimum absolute atomic E-state index is 0.0701. The van der Waals surface area contributed by atoms with Crippen LogP contribution in [0.15, 0.2) is 75.9 Å². The topological polar surface area (TPSA) is 125 Å². The molecule has 3 aromatic rings. The van der Waals surface area contributed by atoms with E-state index in [1.165, 1.54) is 30.5 Å². The number of pyridine rings is 1. The Bertz CT molecular complexity index is 1620.